The Labute approximate surface area is 191 Å². The number of aliphatic imine (C=N–C) groups is 1. The van der Waals surface area contributed by atoms with E-state index in [2.05, 4.69) is 112 Å². The Morgan fingerprint density at radius 1 is 0.938 bits per heavy atom. The van der Waals surface area contributed by atoms with Crippen LogP contribution in [0.3, 0.4) is 0 Å². The highest BCUT2D eigenvalue weighted by Crippen LogP contribution is 2.57. The van der Waals surface area contributed by atoms with E-state index in [1.807, 2.05) is 0 Å². The molecule has 1 saturated heterocycles. The first-order chi connectivity index (χ1) is 15.3. The van der Waals surface area contributed by atoms with E-state index < -0.39 is 0 Å². The topological polar surface area (TPSA) is 15.6 Å². The molecule has 1 unspecified atom stereocenters. The Hall–Kier alpha value is -3.13. The molecule has 2 heteroatoms. The Bertz CT molecular complexity index is 1370. The van der Waals surface area contributed by atoms with E-state index in [-0.39, 0.29) is 10.8 Å². The fraction of sp³-hybridized carbons (Fsp3) is 0.300. The average Bonchev–Trinajstić information content (AvgIpc) is 3.16. The summed E-state index contributed by atoms with van der Waals surface area (Å²) in [6, 6.07) is 22.0. The lowest BCUT2D eigenvalue weighted by Crippen LogP contribution is -2.27. The molecule has 0 N–H and O–H groups in total. The summed E-state index contributed by atoms with van der Waals surface area (Å²) in [5.74, 6) is 0.386. The van der Waals surface area contributed by atoms with Gasteiger partial charge in [0.25, 0.3) is 0 Å². The van der Waals surface area contributed by atoms with E-state index in [1.54, 1.807) is 0 Å². The van der Waals surface area contributed by atoms with Gasteiger partial charge in [-0.1, -0.05) is 88.4 Å². The number of nitrogens with zero attached hydrogens (tertiary/aromatic N) is 2. The summed E-state index contributed by atoms with van der Waals surface area (Å²) in [7, 11) is 2.23. The molecular weight excluding hydrogens is 388 g/mol. The van der Waals surface area contributed by atoms with Crippen LogP contribution >= 0.6 is 0 Å². The molecular formula is C30H30N2. The maximum absolute atomic E-state index is 5.17. The smallest absolute Gasteiger partial charge is 0.0681 e. The minimum atomic E-state index is -0.139. The summed E-state index contributed by atoms with van der Waals surface area (Å²) in [6.45, 7) is 9.44. The molecule has 2 aliphatic heterocycles. The van der Waals surface area contributed by atoms with E-state index in [0.29, 0.717) is 5.92 Å². The van der Waals surface area contributed by atoms with Crippen molar-refractivity contribution in [2.75, 3.05) is 7.05 Å². The third-order valence-electron chi connectivity index (χ3n) is 8.01. The zero-order valence-electron chi connectivity index (χ0n) is 19.6. The largest absolute Gasteiger partial charge is 0.351 e. The van der Waals surface area contributed by atoms with Crippen molar-refractivity contribution in [3.63, 3.8) is 0 Å². The Balaban J connectivity index is 1.49. The summed E-state index contributed by atoms with van der Waals surface area (Å²) < 4.78 is 0. The average molecular weight is 419 g/mol. The van der Waals surface area contributed by atoms with Gasteiger partial charge in [-0.05, 0) is 46.0 Å². The normalized spacial score (nSPS) is 23.6. The van der Waals surface area contributed by atoms with Gasteiger partial charge in [0.15, 0.2) is 0 Å². The van der Waals surface area contributed by atoms with Crippen LogP contribution in [0.15, 0.2) is 89.2 Å². The highest BCUT2D eigenvalue weighted by Gasteiger charge is 2.49. The van der Waals surface area contributed by atoms with Crippen LogP contribution in [-0.2, 0) is 11.8 Å². The molecule has 160 valence electrons. The van der Waals surface area contributed by atoms with Crippen LogP contribution in [0.4, 0.5) is 5.69 Å². The van der Waals surface area contributed by atoms with Gasteiger partial charge in [-0.15, -0.1) is 0 Å². The maximum atomic E-state index is 5.17. The standard InChI is InChI=1S/C30H30N2/c1-29(2)25(31-23-16-14-19-10-6-8-12-21(19)27(23)29)18-26-30(3,4)28-22-13-9-7-11-20(22)15-17-24(28)32(26)5/h6-14,16-18,28H,15H2,1-5H3/b26-18+. The summed E-state index contributed by atoms with van der Waals surface area (Å²) in [6.07, 6.45) is 5.83. The van der Waals surface area contributed by atoms with Crippen LogP contribution in [0, 0.1) is 5.41 Å². The Kier molecular flexibility index (Phi) is 3.94. The Morgan fingerprint density at radius 3 is 2.53 bits per heavy atom. The fourth-order valence-electron chi connectivity index (χ4n) is 6.33. The summed E-state index contributed by atoms with van der Waals surface area (Å²) in [4.78, 5) is 7.60. The van der Waals surface area contributed by atoms with Gasteiger partial charge in [-0.2, -0.15) is 0 Å². The first kappa shape index (κ1) is 19.5. The molecule has 0 radical (unpaired) electrons. The van der Waals surface area contributed by atoms with Gasteiger partial charge in [0.05, 0.1) is 11.4 Å². The monoisotopic (exact) mass is 418 g/mol. The van der Waals surface area contributed by atoms with Gasteiger partial charge in [0.1, 0.15) is 0 Å². The minimum absolute atomic E-state index is 0.00739. The van der Waals surface area contributed by atoms with Gasteiger partial charge >= 0.3 is 0 Å². The fourth-order valence-corrected chi connectivity index (χ4v) is 6.33. The summed E-state index contributed by atoms with van der Waals surface area (Å²) >= 11 is 0. The van der Waals surface area contributed by atoms with Crippen molar-refractivity contribution in [2.24, 2.45) is 10.4 Å². The lowest BCUT2D eigenvalue weighted by Gasteiger charge is -2.31. The van der Waals surface area contributed by atoms with Gasteiger partial charge in [0, 0.05) is 35.2 Å². The minimum Gasteiger partial charge on any atom is -0.351 e. The van der Waals surface area contributed by atoms with E-state index >= 15 is 0 Å². The van der Waals surface area contributed by atoms with E-state index in [4.69, 9.17) is 4.99 Å². The number of likely N-dealkylation sites (tertiary alicyclic amines) is 1. The zero-order chi connectivity index (χ0) is 22.3. The highest BCUT2D eigenvalue weighted by molar-refractivity contribution is 6.12. The van der Waals surface area contributed by atoms with Crippen LogP contribution in [0.2, 0.25) is 0 Å². The molecule has 1 aliphatic carbocycles. The molecule has 2 nitrogen and oxygen atoms in total. The number of allylic oxidation sites excluding steroid dienone is 4. The second-order valence-electron chi connectivity index (χ2n) is 10.6. The van der Waals surface area contributed by atoms with E-state index in [9.17, 15) is 0 Å². The molecule has 0 bridgehead atoms. The van der Waals surface area contributed by atoms with Crippen LogP contribution in [0.1, 0.15) is 50.3 Å². The van der Waals surface area contributed by atoms with Crippen molar-refractivity contribution >= 4 is 22.2 Å². The molecule has 1 atom stereocenters. The Morgan fingerprint density at radius 2 is 1.69 bits per heavy atom. The van der Waals surface area contributed by atoms with Gasteiger partial charge in [-0.25, -0.2) is 0 Å². The molecule has 0 aromatic heterocycles. The number of fused-ring (bicyclic) bond motifs is 6. The molecule has 6 rings (SSSR count). The lowest BCUT2D eigenvalue weighted by molar-refractivity contribution is 0.404. The van der Waals surface area contributed by atoms with Crippen molar-refractivity contribution in [3.8, 4) is 0 Å². The molecule has 2 heterocycles. The number of rotatable bonds is 1. The number of benzene rings is 3. The molecule has 0 saturated carbocycles. The summed E-state index contributed by atoms with van der Waals surface area (Å²) in [5.41, 5.74) is 9.20. The predicted octanol–water partition coefficient (Wildman–Crippen LogP) is 7.28. The molecule has 3 aromatic carbocycles. The van der Waals surface area contributed by atoms with Crippen molar-refractivity contribution in [3.05, 3.63) is 101 Å². The van der Waals surface area contributed by atoms with Crippen LogP contribution in [0.25, 0.3) is 10.8 Å². The van der Waals surface area contributed by atoms with E-state index in [0.717, 1.165) is 17.8 Å². The molecule has 32 heavy (non-hydrogen) atoms. The summed E-state index contributed by atoms with van der Waals surface area (Å²) in [5, 5.41) is 2.60. The molecule has 1 fully saturated rings. The third-order valence-corrected chi connectivity index (χ3v) is 8.01. The first-order valence-corrected chi connectivity index (χ1v) is 11.7. The van der Waals surface area contributed by atoms with Gasteiger partial charge < -0.3 is 4.90 Å². The van der Waals surface area contributed by atoms with Crippen LogP contribution < -0.4 is 0 Å². The number of hydrogen-bond acceptors (Lipinski definition) is 2. The van der Waals surface area contributed by atoms with Crippen molar-refractivity contribution < 1.29 is 0 Å². The van der Waals surface area contributed by atoms with Crippen LogP contribution in [-0.4, -0.2) is 17.7 Å². The lowest BCUT2D eigenvalue weighted by atomic mass is 9.70. The zero-order valence-corrected chi connectivity index (χ0v) is 19.6. The molecule has 3 aromatic rings. The second kappa shape index (κ2) is 6.45. The maximum Gasteiger partial charge on any atom is 0.0681 e. The quantitative estimate of drug-likeness (QED) is 0.405. The first-order valence-electron chi connectivity index (χ1n) is 11.7. The molecule has 0 spiro atoms. The predicted molar refractivity (Wildman–Crippen MR) is 135 cm³/mol. The number of hydrogen-bond donors (Lipinski definition) is 0. The van der Waals surface area contributed by atoms with Gasteiger partial charge in [-0.3, -0.25) is 4.99 Å². The molecule has 3 aliphatic rings. The van der Waals surface area contributed by atoms with Crippen molar-refractivity contribution in [2.45, 2.75) is 45.4 Å². The van der Waals surface area contributed by atoms with E-state index in [1.165, 1.54) is 38.9 Å². The van der Waals surface area contributed by atoms with Gasteiger partial charge in [0.2, 0.25) is 0 Å². The SMILES string of the molecule is CN1C2=CCc3ccccc3C2C(C)(C)/C1=C\C1=Nc2ccc3ccccc3c2C1(C)C. The van der Waals surface area contributed by atoms with Crippen LogP contribution in [0.5, 0.6) is 0 Å². The number of likely N-dealkylation sites (N-methyl/N-ethyl adjacent to an activating group) is 1. The van der Waals surface area contributed by atoms with Crippen molar-refractivity contribution in [1.29, 1.82) is 0 Å². The molecule has 0 amide bonds. The highest BCUT2D eigenvalue weighted by atomic mass is 15.2. The third kappa shape index (κ3) is 2.50. The second-order valence-corrected chi connectivity index (χ2v) is 10.6. The van der Waals surface area contributed by atoms with Crippen molar-refractivity contribution in [1.82, 2.24) is 4.90 Å².